The number of nitrogens with zero attached hydrogens (tertiary/aromatic N) is 7. The zero-order chi connectivity index (χ0) is 21.3. The monoisotopic (exact) mass is 426 g/mol. The zero-order valence-electron chi connectivity index (χ0n) is 16.9. The van der Waals surface area contributed by atoms with E-state index in [4.69, 9.17) is 4.98 Å². The second kappa shape index (κ2) is 8.20. The summed E-state index contributed by atoms with van der Waals surface area (Å²) in [5, 5.41) is 27.9. The molecule has 0 amide bonds. The Morgan fingerprint density at radius 3 is 2.93 bits per heavy atom. The van der Waals surface area contributed by atoms with E-state index in [2.05, 4.69) is 20.4 Å². The molecular formula is C19H22N8O2S. The van der Waals surface area contributed by atoms with Crippen LogP contribution in [0.4, 0.5) is 0 Å². The van der Waals surface area contributed by atoms with Gasteiger partial charge in [0.05, 0.1) is 35.5 Å². The number of aromatic amines is 1. The summed E-state index contributed by atoms with van der Waals surface area (Å²) in [7, 11) is 5.46. The lowest BCUT2D eigenvalue weighted by molar-refractivity contribution is 0.111. The van der Waals surface area contributed by atoms with Crippen LogP contribution in [0.1, 0.15) is 38.0 Å². The van der Waals surface area contributed by atoms with E-state index in [1.54, 1.807) is 44.2 Å². The van der Waals surface area contributed by atoms with Gasteiger partial charge in [0, 0.05) is 56.8 Å². The normalized spacial score (nSPS) is 11.7. The predicted molar refractivity (Wildman–Crippen MR) is 114 cm³/mol. The topological polar surface area (TPSA) is 117 Å². The van der Waals surface area contributed by atoms with E-state index in [1.807, 2.05) is 27.2 Å². The molecule has 2 N–H and O–H groups in total. The fourth-order valence-electron chi connectivity index (χ4n) is 3.32. The molecule has 0 radical (unpaired) electrons. The number of aliphatic hydroxyl groups is 1. The van der Waals surface area contributed by atoms with Crippen molar-refractivity contribution in [2.75, 3.05) is 7.05 Å². The van der Waals surface area contributed by atoms with Crippen molar-refractivity contribution in [2.45, 2.75) is 19.6 Å². The third kappa shape index (κ3) is 3.76. The van der Waals surface area contributed by atoms with Crippen LogP contribution in [-0.2, 0) is 33.7 Å². The van der Waals surface area contributed by atoms with Crippen molar-refractivity contribution in [1.82, 2.24) is 34.5 Å². The third-order valence-corrected chi connectivity index (χ3v) is 5.87. The van der Waals surface area contributed by atoms with Crippen LogP contribution in [-0.4, -0.2) is 59.2 Å². The molecule has 11 heteroatoms. The van der Waals surface area contributed by atoms with Gasteiger partial charge in [0.2, 0.25) is 0 Å². The van der Waals surface area contributed by atoms with E-state index in [9.17, 15) is 9.90 Å². The Bertz CT molecular complexity index is 1200. The van der Waals surface area contributed by atoms with Crippen LogP contribution in [0.2, 0.25) is 0 Å². The standard InChI is InChI=1S/C19H22N8O2S/c1-25(9-15-12(10-28)8-26(2)24-15)21-7-14-16(11-29)27(3)19-18(14)30-17(22-19)6-13-4-5-20-23-13/h4-5,7-8,11,28H,6,9-10H2,1-3H3,(H,20,23)/b21-7-. The smallest absolute Gasteiger partial charge is 0.167 e. The SMILES string of the molecule is CN(Cc1nn(C)cc1CO)/N=C\c1c(C=O)n(C)c2nc(Cc3ccn[nH]3)sc12. The van der Waals surface area contributed by atoms with E-state index in [0.717, 1.165) is 44.2 Å². The summed E-state index contributed by atoms with van der Waals surface area (Å²) in [5.74, 6) is 0. The van der Waals surface area contributed by atoms with Crippen molar-refractivity contribution in [3.63, 3.8) is 0 Å². The molecule has 156 valence electrons. The minimum Gasteiger partial charge on any atom is -0.392 e. The summed E-state index contributed by atoms with van der Waals surface area (Å²) in [4.78, 5) is 16.4. The van der Waals surface area contributed by atoms with Gasteiger partial charge in [0.15, 0.2) is 11.9 Å². The summed E-state index contributed by atoms with van der Waals surface area (Å²) >= 11 is 1.54. The number of thiazole rings is 1. The number of aldehydes is 1. The molecular weight excluding hydrogens is 404 g/mol. The molecule has 4 heterocycles. The number of fused-ring (bicyclic) bond motifs is 1. The summed E-state index contributed by atoms with van der Waals surface area (Å²) in [6.45, 7) is 0.364. The molecule has 0 unspecified atom stereocenters. The van der Waals surface area contributed by atoms with Gasteiger partial charge in [0.25, 0.3) is 0 Å². The van der Waals surface area contributed by atoms with Crippen molar-refractivity contribution in [3.8, 4) is 0 Å². The molecule has 0 spiro atoms. The Kier molecular flexibility index (Phi) is 5.46. The van der Waals surface area contributed by atoms with Gasteiger partial charge in [-0.1, -0.05) is 0 Å². The maximum atomic E-state index is 11.7. The molecule has 0 fully saturated rings. The number of nitrogens with one attached hydrogen (secondary N) is 1. The highest BCUT2D eigenvalue weighted by molar-refractivity contribution is 7.19. The molecule has 10 nitrogen and oxygen atoms in total. The van der Waals surface area contributed by atoms with Gasteiger partial charge in [-0.25, -0.2) is 4.98 Å². The van der Waals surface area contributed by atoms with E-state index >= 15 is 0 Å². The first-order valence-electron chi connectivity index (χ1n) is 9.29. The minimum atomic E-state index is -0.0741. The Labute approximate surface area is 176 Å². The number of hydrogen-bond acceptors (Lipinski definition) is 8. The molecule has 4 rings (SSSR count). The summed E-state index contributed by atoms with van der Waals surface area (Å²) < 4.78 is 4.38. The Morgan fingerprint density at radius 1 is 1.40 bits per heavy atom. The Balaban J connectivity index is 1.61. The number of hydrogen-bond donors (Lipinski definition) is 2. The van der Waals surface area contributed by atoms with Crippen molar-refractivity contribution in [2.24, 2.45) is 19.2 Å². The number of aryl methyl sites for hydroxylation is 2. The summed E-state index contributed by atoms with van der Waals surface area (Å²) in [6, 6.07) is 1.92. The van der Waals surface area contributed by atoms with Crippen LogP contribution in [0.25, 0.3) is 10.3 Å². The fourth-order valence-corrected chi connectivity index (χ4v) is 4.46. The molecule has 0 aliphatic rings. The maximum Gasteiger partial charge on any atom is 0.167 e. The van der Waals surface area contributed by atoms with Crippen LogP contribution in [0, 0.1) is 0 Å². The lowest BCUT2D eigenvalue weighted by atomic mass is 10.2. The minimum absolute atomic E-state index is 0.0741. The first-order valence-corrected chi connectivity index (χ1v) is 10.1. The number of aromatic nitrogens is 6. The molecule has 0 aromatic carbocycles. The molecule has 30 heavy (non-hydrogen) atoms. The average molecular weight is 427 g/mol. The van der Waals surface area contributed by atoms with Crippen LogP contribution in [0.5, 0.6) is 0 Å². The van der Waals surface area contributed by atoms with E-state index < -0.39 is 0 Å². The van der Waals surface area contributed by atoms with Crippen molar-refractivity contribution >= 4 is 34.2 Å². The van der Waals surface area contributed by atoms with Gasteiger partial charge in [-0.3, -0.25) is 19.6 Å². The van der Waals surface area contributed by atoms with Crippen LogP contribution in [0.3, 0.4) is 0 Å². The highest BCUT2D eigenvalue weighted by Crippen LogP contribution is 2.30. The second-order valence-electron chi connectivity index (χ2n) is 6.99. The van der Waals surface area contributed by atoms with Crippen molar-refractivity contribution in [1.29, 1.82) is 0 Å². The van der Waals surface area contributed by atoms with Crippen molar-refractivity contribution < 1.29 is 9.90 Å². The number of H-pyrrole nitrogens is 1. The zero-order valence-corrected chi connectivity index (χ0v) is 17.7. The molecule has 4 aromatic heterocycles. The second-order valence-corrected chi connectivity index (χ2v) is 8.07. The van der Waals surface area contributed by atoms with Crippen LogP contribution >= 0.6 is 11.3 Å². The number of aliphatic hydroxyl groups excluding tert-OH is 1. The highest BCUT2D eigenvalue weighted by atomic mass is 32.1. The quantitative estimate of drug-likeness (QED) is 0.250. The van der Waals surface area contributed by atoms with Gasteiger partial charge in [-0.15, -0.1) is 11.3 Å². The van der Waals surface area contributed by atoms with Crippen molar-refractivity contribution in [3.05, 3.63) is 51.7 Å². The first kappa shape index (κ1) is 20.0. The fraction of sp³-hybridized carbons (Fsp3) is 0.316. The number of hydrazone groups is 1. The Morgan fingerprint density at radius 2 is 2.23 bits per heavy atom. The molecule has 0 saturated heterocycles. The molecule has 0 saturated carbocycles. The van der Waals surface area contributed by atoms with Gasteiger partial charge in [-0.2, -0.15) is 15.3 Å². The number of carbonyl (C=O) groups excluding carboxylic acids is 1. The molecule has 4 aromatic rings. The lowest BCUT2D eigenvalue weighted by Crippen LogP contribution is -2.13. The van der Waals surface area contributed by atoms with E-state index in [0.29, 0.717) is 18.7 Å². The summed E-state index contributed by atoms with van der Waals surface area (Å²) in [5.41, 5.74) is 4.53. The first-order chi connectivity index (χ1) is 14.5. The molecule has 0 bridgehead atoms. The Hall–Kier alpha value is -3.31. The highest BCUT2D eigenvalue weighted by Gasteiger charge is 2.19. The van der Waals surface area contributed by atoms with Gasteiger partial charge < -0.3 is 9.67 Å². The van der Waals surface area contributed by atoms with Gasteiger partial charge >= 0.3 is 0 Å². The summed E-state index contributed by atoms with van der Waals surface area (Å²) in [6.07, 6.45) is 6.66. The number of carbonyl (C=O) groups is 1. The van der Waals surface area contributed by atoms with E-state index in [1.165, 1.54) is 0 Å². The molecule has 0 atom stereocenters. The third-order valence-electron chi connectivity index (χ3n) is 4.79. The van der Waals surface area contributed by atoms with Crippen LogP contribution in [0.15, 0.2) is 23.6 Å². The molecule has 0 aliphatic heterocycles. The predicted octanol–water partition coefficient (Wildman–Crippen LogP) is 1.45. The van der Waals surface area contributed by atoms with Gasteiger partial charge in [0.1, 0.15) is 5.01 Å². The maximum absolute atomic E-state index is 11.7. The average Bonchev–Trinajstić information content (AvgIpc) is 3.48. The number of rotatable bonds is 8. The lowest BCUT2D eigenvalue weighted by Gasteiger charge is -2.11. The van der Waals surface area contributed by atoms with Crippen LogP contribution < -0.4 is 0 Å². The molecule has 0 aliphatic carbocycles. The largest absolute Gasteiger partial charge is 0.392 e. The van der Waals surface area contributed by atoms with Gasteiger partial charge in [-0.05, 0) is 6.07 Å². The van der Waals surface area contributed by atoms with E-state index in [-0.39, 0.29) is 6.61 Å².